The Morgan fingerprint density at radius 1 is 1.03 bits per heavy atom. The summed E-state index contributed by atoms with van der Waals surface area (Å²) in [5, 5.41) is 6.59. The van der Waals surface area contributed by atoms with Gasteiger partial charge in [-0.3, -0.25) is 4.79 Å². The van der Waals surface area contributed by atoms with E-state index in [2.05, 4.69) is 46.6 Å². The van der Waals surface area contributed by atoms with Crippen molar-refractivity contribution < 1.29 is 9.53 Å². The lowest BCUT2D eigenvalue weighted by atomic mass is 9.87. The minimum absolute atomic E-state index is 0.0874. The fourth-order valence-electron chi connectivity index (χ4n) is 3.71. The summed E-state index contributed by atoms with van der Waals surface area (Å²) in [6.45, 7) is 4.20. The molecular formula is C24H26N4O2. The van der Waals surface area contributed by atoms with Crippen LogP contribution in [-0.4, -0.2) is 22.9 Å². The van der Waals surface area contributed by atoms with Crippen molar-refractivity contribution in [2.24, 2.45) is 5.92 Å². The quantitative estimate of drug-likeness (QED) is 0.583. The van der Waals surface area contributed by atoms with Gasteiger partial charge in [-0.2, -0.15) is 4.98 Å². The van der Waals surface area contributed by atoms with Crippen LogP contribution < -0.4 is 15.4 Å². The summed E-state index contributed by atoms with van der Waals surface area (Å²) >= 11 is 0. The van der Waals surface area contributed by atoms with Crippen molar-refractivity contribution in [1.29, 1.82) is 0 Å². The lowest BCUT2D eigenvalue weighted by Crippen LogP contribution is -2.22. The molecule has 3 aromatic rings. The molecule has 4 rings (SSSR count). The van der Waals surface area contributed by atoms with Gasteiger partial charge < -0.3 is 15.4 Å². The van der Waals surface area contributed by atoms with Gasteiger partial charge in [-0.05, 0) is 48.6 Å². The first kappa shape index (κ1) is 19.9. The van der Waals surface area contributed by atoms with Crippen LogP contribution in [0.3, 0.4) is 0 Å². The number of nitrogens with one attached hydrogen (secondary N) is 2. The average molecular weight is 402 g/mol. The second-order valence-corrected chi connectivity index (χ2v) is 7.69. The Hall–Kier alpha value is -3.41. The Labute approximate surface area is 176 Å². The summed E-state index contributed by atoms with van der Waals surface area (Å²) in [5.74, 6) is 2.10. The largest absolute Gasteiger partial charge is 0.497 e. The zero-order valence-corrected chi connectivity index (χ0v) is 17.5. The number of fused-ring (bicyclic) bond motifs is 1. The molecule has 154 valence electrons. The van der Waals surface area contributed by atoms with Crippen LogP contribution in [-0.2, 0) is 12.8 Å². The van der Waals surface area contributed by atoms with Gasteiger partial charge in [-0.1, -0.05) is 32.0 Å². The summed E-state index contributed by atoms with van der Waals surface area (Å²) in [6.07, 6.45) is 2.25. The van der Waals surface area contributed by atoms with E-state index in [0.717, 1.165) is 35.7 Å². The van der Waals surface area contributed by atoms with E-state index in [0.29, 0.717) is 23.8 Å². The van der Waals surface area contributed by atoms with E-state index in [1.54, 1.807) is 7.11 Å². The maximum Gasteiger partial charge on any atom is 0.229 e. The van der Waals surface area contributed by atoms with Crippen LogP contribution in [0.15, 0.2) is 48.5 Å². The second kappa shape index (κ2) is 8.53. The van der Waals surface area contributed by atoms with Gasteiger partial charge in [0.05, 0.1) is 18.4 Å². The van der Waals surface area contributed by atoms with Crippen molar-refractivity contribution in [3.63, 3.8) is 0 Å². The van der Waals surface area contributed by atoms with E-state index in [1.165, 1.54) is 5.56 Å². The minimum Gasteiger partial charge on any atom is -0.497 e. The van der Waals surface area contributed by atoms with E-state index in [9.17, 15) is 4.79 Å². The molecule has 0 fully saturated rings. The molecule has 0 bridgehead atoms. The fraction of sp³-hybridized carbons (Fsp3) is 0.292. The molecule has 1 unspecified atom stereocenters. The lowest BCUT2D eigenvalue weighted by Gasteiger charge is -2.23. The van der Waals surface area contributed by atoms with Gasteiger partial charge >= 0.3 is 0 Å². The monoisotopic (exact) mass is 402 g/mol. The predicted octanol–water partition coefficient (Wildman–Crippen LogP) is 5.30. The van der Waals surface area contributed by atoms with Crippen LogP contribution in [0.4, 0.5) is 23.1 Å². The molecule has 1 aliphatic rings. The Kier molecular flexibility index (Phi) is 5.65. The molecule has 0 radical (unpaired) electrons. The SMILES string of the molecule is CCc1ccc(Nc2nc(Nc3cccc(OC)c3)nc3c2C(=O)CC(C)C3)cc1. The number of hydrogen-bond acceptors (Lipinski definition) is 6. The van der Waals surface area contributed by atoms with Crippen LogP contribution in [0.2, 0.25) is 0 Å². The number of methoxy groups -OCH3 is 1. The number of ketones is 1. The van der Waals surface area contributed by atoms with Crippen LogP contribution >= 0.6 is 0 Å². The van der Waals surface area contributed by atoms with E-state index in [-0.39, 0.29) is 11.7 Å². The molecule has 2 aromatic carbocycles. The highest BCUT2D eigenvalue weighted by Gasteiger charge is 2.28. The lowest BCUT2D eigenvalue weighted by molar-refractivity contribution is 0.0953. The maximum atomic E-state index is 12.8. The third-order valence-electron chi connectivity index (χ3n) is 5.29. The average Bonchev–Trinajstić information content (AvgIpc) is 2.73. The van der Waals surface area contributed by atoms with Crippen LogP contribution in [0.5, 0.6) is 5.75 Å². The number of carbonyl (C=O) groups is 1. The van der Waals surface area contributed by atoms with Crippen molar-refractivity contribution in [3.05, 3.63) is 65.4 Å². The zero-order valence-electron chi connectivity index (χ0n) is 17.5. The van der Waals surface area contributed by atoms with Crippen molar-refractivity contribution >= 4 is 28.9 Å². The summed E-state index contributed by atoms with van der Waals surface area (Å²) in [7, 11) is 1.63. The van der Waals surface area contributed by atoms with Gasteiger partial charge in [-0.15, -0.1) is 0 Å². The molecule has 1 aromatic heterocycles. The topological polar surface area (TPSA) is 76.1 Å². The van der Waals surface area contributed by atoms with Crippen LogP contribution in [0.25, 0.3) is 0 Å². The number of aryl methyl sites for hydroxylation is 1. The molecule has 1 heterocycles. The van der Waals surface area contributed by atoms with Crippen molar-refractivity contribution in [2.75, 3.05) is 17.7 Å². The Bertz CT molecular complexity index is 1060. The Balaban J connectivity index is 1.71. The number of nitrogens with zero attached hydrogens (tertiary/aromatic N) is 2. The van der Waals surface area contributed by atoms with Crippen molar-refractivity contribution in [3.8, 4) is 5.75 Å². The zero-order chi connectivity index (χ0) is 21.1. The van der Waals surface area contributed by atoms with Crippen molar-refractivity contribution in [1.82, 2.24) is 9.97 Å². The number of anilines is 4. The number of benzene rings is 2. The van der Waals surface area contributed by atoms with Crippen LogP contribution in [0.1, 0.15) is 41.9 Å². The summed E-state index contributed by atoms with van der Waals surface area (Å²) < 4.78 is 5.29. The van der Waals surface area contributed by atoms with Gasteiger partial charge in [0.15, 0.2) is 5.78 Å². The smallest absolute Gasteiger partial charge is 0.229 e. The summed E-state index contributed by atoms with van der Waals surface area (Å²) in [6, 6.07) is 15.8. The van der Waals surface area contributed by atoms with Gasteiger partial charge in [-0.25, -0.2) is 4.98 Å². The number of aromatic nitrogens is 2. The number of hydrogen-bond donors (Lipinski definition) is 2. The molecule has 0 amide bonds. The molecule has 2 N–H and O–H groups in total. The summed E-state index contributed by atoms with van der Waals surface area (Å²) in [4.78, 5) is 22.1. The molecule has 0 saturated heterocycles. The molecule has 0 spiro atoms. The molecule has 0 saturated carbocycles. The number of rotatable bonds is 6. The number of Topliss-reactive ketones (excluding diaryl/α,β-unsaturated/α-hetero) is 1. The third-order valence-corrected chi connectivity index (χ3v) is 5.29. The minimum atomic E-state index is 0.0874. The highest BCUT2D eigenvalue weighted by molar-refractivity contribution is 6.03. The second-order valence-electron chi connectivity index (χ2n) is 7.69. The maximum absolute atomic E-state index is 12.8. The number of ether oxygens (including phenoxy) is 1. The van der Waals surface area contributed by atoms with Crippen molar-refractivity contribution in [2.45, 2.75) is 33.1 Å². The molecule has 1 aliphatic carbocycles. The van der Waals surface area contributed by atoms with Gasteiger partial charge in [0, 0.05) is 23.9 Å². The molecule has 1 atom stereocenters. The van der Waals surface area contributed by atoms with E-state index in [4.69, 9.17) is 4.74 Å². The molecule has 30 heavy (non-hydrogen) atoms. The molecule has 6 heteroatoms. The first-order valence-corrected chi connectivity index (χ1v) is 10.3. The normalized spacial score (nSPS) is 15.4. The van der Waals surface area contributed by atoms with Gasteiger partial charge in [0.2, 0.25) is 5.95 Å². The van der Waals surface area contributed by atoms with E-state index >= 15 is 0 Å². The molecule has 0 aliphatic heterocycles. The summed E-state index contributed by atoms with van der Waals surface area (Å²) in [5.41, 5.74) is 4.36. The third kappa shape index (κ3) is 4.27. The number of carbonyl (C=O) groups excluding carboxylic acids is 1. The highest BCUT2D eigenvalue weighted by atomic mass is 16.5. The first-order chi connectivity index (χ1) is 14.6. The fourth-order valence-corrected chi connectivity index (χ4v) is 3.71. The van der Waals surface area contributed by atoms with E-state index < -0.39 is 0 Å². The van der Waals surface area contributed by atoms with E-state index in [1.807, 2.05) is 36.4 Å². The van der Waals surface area contributed by atoms with Gasteiger partial charge in [0.1, 0.15) is 11.6 Å². The molecular weight excluding hydrogens is 376 g/mol. The Morgan fingerprint density at radius 3 is 2.57 bits per heavy atom. The molecule has 6 nitrogen and oxygen atoms in total. The first-order valence-electron chi connectivity index (χ1n) is 10.3. The highest BCUT2D eigenvalue weighted by Crippen LogP contribution is 2.32. The van der Waals surface area contributed by atoms with Gasteiger partial charge in [0.25, 0.3) is 0 Å². The standard InChI is InChI=1S/C24H26N4O2/c1-4-16-8-10-17(11-9-16)25-23-22-20(12-15(2)13-21(22)29)27-24(28-23)26-18-6-5-7-19(14-18)30-3/h5-11,14-15H,4,12-13H2,1-3H3,(H2,25,26,27,28). The van der Waals surface area contributed by atoms with Crippen LogP contribution in [0, 0.1) is 5.92 Å². The Morgan fingerprint density at radius 2 is 1.83 bits per heavy atom. The predicted molar refractivity (Wildman–Crippen MR) is 119 cm³/mol.